The molecule has 9 nitrogen and oxygen atoms in total. The van der Waals surface area contributed by atoms with E-state index in [1.807, 2.05) is 60.7 Å². The monoisotopic (exact) mass is 497 g/mol. The molecule has 0 aliphatic carbocycles. The van der Waals surface area contributed by atoms with Crippen molar-refractivity contribution >= 4 is 17.7 Å². The molecular formula is C27H39N5O4. The Kier molecular flexibility index (Phi) is 10.6. The van der Waals surface area contributed by atoms with Crippen LogP contribution in [-0.2, 0) is 32.1 Å². The highest BCUT2D eigenvalue weighted by Crippen LogP contribution is 2.14. The number of benzene rings is 2. The van der Waals surface area contributed by atoms with Crippen molar-refractivity contribution < 1.29 is 19.1 Å². The lowest BCUT2D eigenvalue weighted by Crippen LogP contribution is -2.60. The van der Waals surface area contributed by atoms with Crippen LogP contribution in [-0.4, -0.2) is 85.1 Å². The second-order valence-corrected chi connectivity index (χ2v) is 9.61. The topological polar surface area (TPSA) is 108 Å². The third-order valence-corrected chi connectivity index (χ3v) is 5.88. The first-order chi connectivity index (χ1) is 16.9. The highest BCUT2D eigenvalue weighted by Gasteiger charge is 2.36. The van der Waals surface area contributed by atoms with E-state index < -0.39 is 29.4 Å². The molecule has 0 saturated carbocycles. The summed E-state index contributed by atoms with van der Waals surface area (Å²) in [5.74, 6) is -1.19. The van der Waals surface area contributed by atoms with Gasteiger partial charge in [0.25, 0.3) is 5.91 Å². The predicted molar refractivity (Wildman–Crippen MR) is 139 cm³/mol. The number of rotatable bonds is 12. The van der Waals surface area contributed by atoms with Gasteiger partial charge in [0.05, 0.1) is 18.8 Å². The van der Waals surface area contributed by atoms with Crippen molar-refractivity contribution in [2.24, 2.45) is 5.73 Å². The Morgan fingerprint density at radius 2 is 1.42 bits per heavy atom. The zero-order valence-corrected chi connectivity index (χ0v) is 22.1. The number of nitrogens with one attached hydrogen (secondary N) is 1. The number of amides is 3. The van der Waals surface area contributed by atoms with E-state index in [9.17, 15) is 14.4 Å². The average Bonchev–Trinajstić information content (AvgIpc) is 2.85. The minimum atomic E-state index is -1.19. The summed E-state index contributed by atoms with van der Waals surface area (Å²) < 4.78 is 5.80. The summed E-state index contributed by atoms with van der Waals surface area (Å²) in [5, 5.41) is 5.83. The fourth-order valence-electron chi connectivity index (χ4n) is 3.43. The van der Waals surface area contributed by atoms with Gasteiger partial charge in [-0.25, -0.2) is 5.01 Å². The molecular weight excluding hydrogens is 458 g/mol. The maximum atomic E-state index is 13.7. The Bertz CT molecular complexity index is 992. The Morgan fingerprint density at radius 3 is 1.92 bits per heavy atom. The van der Waals surface area contributed by atoms with Crippen molar-refractivity contribution in [1.82, 2.24) is 20.2 Å². The van der Waals surface area contributed by atoms with Gasteiger partial charge in [-0.1, -0.05) is 60.7 Å². The van der Waals surface area contributed by atoms with E-state index in [1.54, 1.807) is 47.0 Å². The van der Waals surface area contributed by atoms with Gasteiger partial charge in [-0.15, -0.1) is 0 Å². The molecule has 0 aromatic heterocycles. The van der Waals surface area contributed by atoms with Crippen LogP contribution in [0.5, 0.6) is 0 Å². The van der Waals surface area contributed by atoms with Gasteiger partial charge in [0.1, 0.15) is 12.1 Å². The Balaban J connectivity index is 2.28. The minimum Gasteiger partial charge on any atom is -0.374 e. The van der Waals surface area contributed by atoms with Crippen LogP contribution in [0.1, 0.15) is 25.0 Å². The third kappa shape index (κ3) is 8.44. The zero-order chi connectivity index (χ0) is 26.9. The van der Waals surface area contributed by atoms with Crippen molar-refractivity contribution in [3.63, 3.8) is 0 Å². The Hall–Kier alpha value is -3.27. The third-order valence-electron chi connectivity index (χ3n) is 5.88. The zero-order valence-electron chi connectivity index (χ0n) is 22.1. The predicted octanol–water partition coefficient (Wildman–Crippen LogP) is 1.43. The van der Waals surface area contributed by atoms with Crippen LogP contribution in [0.25, 0.3) is 0 Å². The molecule has 36 heavy (non-hydrogen) atoms. The van der Waals surface area contributed by atoms with Crippen molar-refractivity contribution in [3.05, 3.63) is 71.8 Å². The van der Waals surface area contributed by atoms with Gasteiger partial charge < -0.3 is 20.7 Å². The van der Waals surface area contributed by atoms with E-state index in [4.69, 9.17) is 10.5 Å². The van der Waals surface area contributed by atoms with E-state index in [1.165, 1.54) is 9.91 Å². The lowest BCUT2D eigenvalue weighted by Gasteiger charge is -2.35. The molecule has 0 aliphatic rings. The molecule has 1 unspecified atom stereocenters. The van der Waals surface area contributed by atoms with Crippen LogP contribution in [0.15, 0.2) is 60.7 Å². The second kappa shape index (κ2) is 13.2. The fraction of sp³-hybridized carbons (Fsp3) is 0.444. The van der Waals surface area contributed by atoms with Gasteiger partial charge >= 0.3 is 0 Å². The summed E-state index contributed by atoms with van der Waals surface area (Å²) in [5.41, 5.74) is 6.62. The molecule has 0 fully saturated rings. The Morgan fingerprint density at radius 1 is 0.889 bits per heavy atom. The molecule has 0 bridgehead atoms. The number of carbonyl (C=O) groups is 3. The molecule has 9 heteroatoms. The second-order valence-electron chi connectivity index (χ2n) is 9.61. The van der Waals surface area contributed by atoms with Gasteiger partial charge in [0.15, 0.2) is 0 Å². The van der Waals surface area contributed by atoms with Crippen LogP contribution in [0, 0.1) is 0 Å². The smallest absolute Gasteiger partial charge is 0.259 e. The highest BCUT2D eigenvalue weighted by molar-refractivity contribution is 5.94. The molecule has 0 radical (unpaired) electrons. The fourth-order valence-corrected chi connectivity index (χ4v) is 3.43. The summed E-state index contributed by atoms with van der Waals surface area (Å²) in [6, 6.07) is 17.2. The number of ether oxygens (including phenoxy) is 1. The van der Waals surface area contributed by atoms with Crippen molar-refractivity contribution in [1.29, 1.82) is 0 Å². The SMILES string of the molecule is CN(C(=O)C(COCc1ccccc1)NC(=O)C(C)(C)N)[C@@H](Cc1ccccc1)C(=O)N(C)N(C)C. The van der Waals surface area contributed by atoms with Crippen LogP contribution in [0.4, 0.5) is 0 Å². The van der Waals surface area contributed by atoms with Gasteiger partial charge in [-0.3, -0.25) is 19.4 Å². The van der Waals surface area contributed by atoms with Crippen LogP contribution < -0.4 is 11.1 Å². The number of hydrogen-bond donors (Lipinski definition) is 2. The first-order valence-corrected chi connectivity index (χ1v) is 11.9. The maximum Gasteiger partial charge on any atom is 0.259 e. The number of hydrazine groups is 1. The number of likely N-dealkylation sites (N-methyl/N-ethyl adjacent to an activating group) is 2. The quantitative estimate of drug-likeness (QED) is 0.430. The molecule has 2 aromatic rings. The highest BCUT2D eigenvalue weighted by atomic mass is 16.5. The first-order valence-electron chi connectivity index (χ1n) is 11.9. The van der Waals surface area contributed by atoms with E-state index in [0.29, 0.717) is 6.42 Å². The molecule has 2 aromatic carbocycles. The van der Waals surface area contributed by atoms with E-state index in [-0.39, 0.29) is 19.1 Å². The number of nitrogens with two attached hydrogens (primary N) is 1. The molecule has 0 aliphatic heterocycles. The standard InChI is InChI=1S/C27H39N5O4/c1-27(2,28)26(35)29-22(19-36-18-21-15-11-8-12-16-21)24(33)31(5)23(25(34)32(6)30(3)4)17-20-13-9-7-10-14-20/h7-16,22-23H,17-19,28H2,1-6H3,(H,29,35)/t22?,23-/m0/s1. The summed E-state index contributed by atoms with van der Waals surface area (Å²) in [6.45, 7) is 3.32. The number of nitrogens with zero attached hydrogens (tertiary/aromatic N) is 3. The van der Waals surface area contributed by atoms with Gasteiger partial charge in [-0.05, 0) is 25.0 Å². The van der Waals surface area contributed by atoms with E-state index in [2.05, 4.69) is 5.32 Å². The first kappa shape index (κ1) is 29.0. The number of carbonyl (C=O) groups excluding carboxylic acids is 3. The number of hydrogen-bond acceptors (Lipinski definition) is 6. The molecule has 3 N–H and O–H groups in total. The normalized spacial score (nSPS) is 13.1. The summed E-state index contributed by atoms with van der Waals surface area (Å²) in [7, 11) is 6.73. The average molecular weight is 498 g/mol. The largest absolute Gasteiger partial charge is 0.374 e. The lowest BCUT2D eigenvalue weighted by atomic mass is 10.0. The molecule has 0 heterocycles. The van der Waals surface area contributed by atoms with E-state index in [0.717, 1.165) is 11.1 Å². The van der Waals surface area contributed by atoms with Gasteiger partial charge in [-0.2, -0.15) is 0 Å². The van der Waals surface area contributed by atoms with E-state index >= 15 is 0 Å². The molecule has 2 atom stereocenters. The van der Waals surface area contributed by atoms with Crippen LogP contribution in [0.2, 0.25) is 0 Å². The lowest BCUT2D eigenvalue weighted by molar-refractivity contribution is -0.153. The summed E-state index contributed by atoms with van der Waals surface area (Å²) >= 11 is 0. The van der Waals surface area contributed by atoms with Crippen LogP contribution >= 0.6 is 0 Å². The van der Waals surface area contributed by atoms with Crippen molar-refractivity contribution in [3.8, 4) is 0 Å². The molecule has 0 saturated heterocycles. The Labute approximate surface area is 214 Å². The molecule has 0 spiro atoms. The molecule has 3 amide bonds. The van der Waals surface area contributed by atoms with Gasteiger partial charge in [0, 0.05) is 34.6 Å². The summed E-state index contributed by atoms with van der Waals surface area (Å²) in [4.78, 5) is 41.1. The molecule has 196 valence electrons. The van der Waals surface area contributed by atoms with Crippen molar-refractivity contribution in [2.75, 3.05) is 34.8 Å². The van der Waals surface area contributed by atoms with Crippen molar-refractivity contribution in [2.45, 2.75) is 44.5 Å². The van der Waals surface area contributed by atoms with Crippen LogP contribution in [0.3, 0.4) is 0 Å². The minimum absolute atomic E-state index is 0.0738. The molecule has 2 rings (SSSR count). The maximum absolute atomic E-state index is 13.7. The van der Waals surface area contributed by atoms with Gasteiger partial charge in [0.2, 0.25) is 11.8 Å². The summed E-state index contributed by atoms with van der Waals surface area (Å²) in [6.07, 6.45) is 0.314.